The van der Waals surface area contributed by atoms with Crippen LogP contribution in [-0.2, 0) is 9.59 Å². The molecule has 1 N–H and O–H groups in total. The molecule has 6 nitrogen and oxygen atoms in total. The molecule has 0 bridgehead atoms. The van der Waals surface area contributed by atoms with E-state index in [-0.39, 0.29) is 17.1 Å². The maximum Gasteiger partial charge on any atom is 0.238 e. The number of anilines is 1. The zero-order valence-corrected chi connectivity index (χ0v) is 15.5. The highest BCUT2D eigenvalue weighted by Crippen LogP contribution is 2.24. The van der Waals surface area contributed by atoms with Crippen molar-refractivity contribution >= 4 is 29.4 Å². The molecule has 1 saturated carbocycles. The number of hydrogen-bond acceptors (Lipinski definition) is 5. The Hall–Kier alpha value is -1.50. The summed E-state index contributed by atoms with van der Waals surface area (Å²) in [5.74, 6) is 1.92. The molecule has 1 unspecified atom stereocenters. The summed E-state index contributed by atoms with van der Waals surface area (Å²) in [7, 11) is 1.86. The summed E-state index contributed by atoms with van der Waals surface area (Å²) in [6.07, 6.45) is 6.32. The maximum absolute atomic E-state index is 12.3. The molecule has 7 heteroatoms. The van der Waals surface area contributed by atoms with E-state index in [4.69, 9.17) is 4.52 Å². The lowest BCUT2D eigenvalue weighted by Crippen LogP contribution is -2.34. The van der Waals surface area contributed by atoms with Gasteiger partial charge in [-0.25, -0.2) is 0 Å². The van der Waals surface area contributed by atoms with E-state index in [0.717, 1.165) is 6.54 Å². The van der Waals surface area contributed by atoms with E-state index >= 15 is 0 Å². The quantitative estimate of drug-likeness (QED) is 0.815. The molecule has 1 heterocycles. The van der Waals surface area contributed by atoms with Crippen LogP contribution in [-0.4, -0.2) is 46.5 Å². The number of carbonyl (C=O) groups is 2. The molecule has 1 fully saturated rings. The standard InChI is InChI=1S/C17H27N3O3S/c1-12-9-15(19-23-12)18-17(22)13(2)24-11-16(21)20(3)10-14-7-5-4-6-8-14/h9,13-14H,4-8,10-11H2,1-3H3,(H,18,19,22). The van der Waals surface area contributed by atoms with Gasteiger partial charge in [-0.1, -0.05) is 24.4 Å². The van der Waals surface area contributed by atoms with Crippen molar-refractivity contribution in [2.75, 3.05) is 24.7 Å². The topological polar surface area (TPSA) is 75.4 Å². The number of rotatable bonds is 7. The molecule has 1 aliphatic carbocycles. The highest BCUT2D eigenvalue weighted by molar-refractivity contribution is 8.01. The fourth-order valence-electron chi connectivity index (χ4n) is 2.89. The Morgan fingerprint density at radius 1 is 1.42 bits per heavy atom. The first-order chi connectivity index (χ1) is 11.5. The number of carbonyl (C=O) groups excluding carboxylic acids is 2. The summed E-state index contributed by atoms with van der Waals surface area (Å²) in [4.78, 5) is 26.1. The fraction of sp³-hybridized carbons (Fsp3) is 0.706. The molecule has 1 aromatic rings. The van der Waals surface area contributed by atoms with Crippen molar-refractivity contribution in [1.82, 2.24) is 10.1 Å². The van der Waals surface area contributed by atoms with Gasteiger partial charge in [0.25, 0.3) is 0 Å². The van der Waals surface area contributed by atoms with Crippen molar-refractivity contribution in [2.24, 2.45) is 5.92 Å². The Morgan fingerprint density at radius 2 is 2.12 bits per heavy atom. The van der Waals surface area contributed by atoms with E-state index in [1.165, 1.54) is 43.9 Å². The summed E-state index contributed by atoms with van der Waals surface area (Å²) < 4.78 is 4.91. The summed E-state index contributed by atoms with van der Waals surface area (Å²) in [6.45, 7) is 4.39. The van der Waals surface area contributed by atoms with Crippen molar-refractivity contribution in [2.45, 2.75) is 51.2 Å². The zero-order valence-electron chi connectivity index (χ0n) is 14.7. The SMILES string of the molecule is Cc1cc(NC(=O)C(C)SCC(=O)N(C)CC2CCCCC2)no1. The van der Waals surface area contributed by atoms with E-state index in [9.17, 15) is 9.59 Å². The van der Waals surface area contributed by atoms with Crippen LogP contribution in [0, 0.1) is 12.8 Å². The molecule has 0 aliphatic heterocycles. The second-order valence-electron chi connectivity index (χ2n) is 6.54. The minimum Gasteiger partial charge on any atom is -0.360 e. The van der Waals surface area contributed by atoms with Crippen LogP contribution >= 0.6 is 11.8 Å². The van der Waals surface area contributed by atoms with Crippen LogP contribution in [0.25, 0.3) is 0 Å². The monoisotopic (exact) mass is 353 g/mol. The Bertz CT molecular complexity index is 555. The molecule has 0 aromatic carbocycles. The van der Waals surface area contributed by atoms with E-state index in [0.29, 0.717) is 23.2 Å². The zero-order chi connectivity index (χ0) is 17.5. The summed E-state index contributed by atoms with van der Waals surface area (Å²) in [5.41, 5.74) is 0. The minimum atomic E-state index is -0.325. The van der Waals surface area contributed by atoms with Gasteiger partial charge in [0, 0.05) is 19.7 Å². The van der Waals surface area contributed by atoms with Gasteiger partial charge in [-0.15, -0.1) is 11.8 Å². The normalized spacial score (nSPS) is 16.6. The molecule has 2 amide bonds. The lowest BCUT2D eigenvalue weighted by molar-refractivity contribution is -0.127. The van der Waals surface area contributed by atoms with Gasteiger partial charge >= 0.3 is 0 Å². The summed E-state index contributed by atoms with van der Waals surface area (Å²) in [6, 6.07) is 1.67. The third kappa shape index (κ3) is 5.85. The van der Waals surface area contributed by atoms with Crippen molar-refractivity contribution in [3.63, 3.8) is 0 Å². The number of thioether (sulfide) groups is 1. The average molecular weight is 353 g/mol. The molecule has 134 valence electrons. The average Bonchev–Trinajstić information content (AvgIpc) is 2.98. The molecule has 24 heavy (non-hydrogen) atoms. The second kappa shape index (κ2) is 9.11. The van der Waals surface area contributed by atoms with Crippen LogP contribution in [0.4, 0.5) is 5.82 Å². The van der Waals surface area contributed by atoms with Gasteiger partial charge in [0.1, 0.15) is 5.76 Å². The molecule has 0 spiro atoms. The molecule has 0 saturated heterocycles. The largest absolute Gasteiger partial charge is 0.360 e. The molecule has 1 aliphatic rings. The molecule has 1 atom stereocenters. The first-order valence-corrected chi connectivity index (χ1v) is 9.60. The Morgan fingerprint density at radius 3 is 2.75 bits per heavy atom. The predicted molar refractivity (Wildman–Crippen MR) is 96.0 cm³/mol. The lowest BCUT2D eigenvalue weighted by Gasteiger charge is -2.27. The third-order valence-electron chi connectivity index (χ3n) is 4.39. The Labute approximate surface area is 147 Å². The fourth-order valence-corrected chi connectivity index (χ4v) is 3.72. The molecule has 0 radical (unpaired) electrons. The Kier molecular flexibility index (Phi) is 7.15. The third-order valence-corrected chi connectivity index (χ3v) is 5.52. The molecular weight excluding hydrogens is 326 g/mol. The van der Waals surface area contributed by atoms with Crippen LogP contribution in [0.3, 0.4) is 0 Å². The number of aryl methyl sites for hydroxylation is 1. The smallest absolute Gasteiger partial charge is 0.238 e. The van der Waals surface area contributed by atoms with Crippen molar-refractivity contribution in [1.29, 1.82) is 0 Å². The van der Waals surface area contributed by atoms with Crippen LogP contribution in [0.1, 0.15) is 44.8 Å². The highest BCUT2D eigenvalue weighted by Gasteiger charge is 2.21. The molecule has 2 rings (SSSR count). The van der Waals surface area contributed by atoms with Crippen LogP contribution in [0.2, 0.25) is 0 Å². The van der Waals surface area contributed by atoms with E-state index in [2.05, 4.69) is 10.5 Å². The number of nitrogens with zero attached hydrogens (tertiary/aromatic N) is 2. The first kappa shape index (κ1) is 18.8. The lowest BCUT2D eigenvalue weighted by atomic mass is 9.89. The minimum absolute atomic E-state index is 0.0857. The predicted octanol–water partition coefficient (Wildman–Crippen LogP) is 3.08. The van der Waals surface area contributed by atoms with Crippen molar-refractivity contribution < 1.29 is 14.1 Å². The number of nitrogens with one attached hydrogen (secondary N) is 1. The van der Waals surface area contributed by atoms with Gasteiger partial charge in [0.2, 0.25) is 11.8 Å². The Balaban J connectivity index is 1.70. The van der Waals surface area contributed by atoms with E-state index in [1.807, 2.05) is 11.9 Å². The van der Waals surface area contributed by atoms with Crippen molar-refractivity contribution in [3.05, 3.63) is 11.8 Å². The van der Waals surface area contributed by atoms with Gasteiger partial charge in [0.15, 0.2) is 5.82 Å². The number of aromatic nitrogens is 1. The van der Waals surface area contributed by atoms with Gasteiger partial charge in [-0.3, -0.25) is 9.59 Å². The van der Waals surface area contributed by atoms with Crippen LogP contribution in [0.15, 0.2) is 10.6 Å². The summed E-state index contributed by atoms with van der Waals surface area (Å²) in [5, 5.41) is 6.10. The number of amides is 2. The van der Waals surface area contributed by atoms with Crippen LogP contribution < -0.4 is 5.32 Å². The van der Waals surface area contributed by atoms with Gasteiger partial charge in [-0.05, 0) is 32.6 Å². The van der Waals surface area contributed by atoms with Gasteiger partial charge < -0.3 is 14.7 Å². The van der Waals surface area contributed by atoms with Gasteiger partial charge in [0.05, 0.1) is 11.0 Å². The first-order valence-electron chi connectivity index (χ1n) is 8.55. The number of hydrogen-bond donors (Lipinski definition) is 1. The van der Waals surface area contributed by atoms with E-state index < -0.39 is 0 Å². The summed E-state index contributed by atoms with van der Waals surface area (Å²) >= 11 is 1.35. The maximum atomic E-state index is 12.3. The van der Waals surface area contributed by atoms with Gasteiger partial charge in [-0.2, -0.15) is 0 Å². The molecule has 1 aromatic heterocycles. The molecular formula is C17H27N3O3S. The van der Waals surface area contributed by atoms with Crippen molar-refractivity contribution in [3.8, 4) is 0 Å². The highest BCUT2D eigenvalue weighted by atomic mass is 32.2. The second-order valence-corrected chi connectivity index (χ2v) is 7.87. The van der Waals surface area contributed by atoms with Crippen LogP contribution in [0.5, 0.6) is 0 Å². The van der Waals surface area contributed by atoms with E-state index in [1.54, 1.807) is 19.9 Å².